The fourth-order valence-corrected chi connectivity index (χ4v) is 7.00. The lowest BCUT2D eigenvalue weighted by atomic mass is 10.0. The molecule has 6 aromatic carbocycles. The Bertz CT molecular complexity index is 2600. The van der Waals surface area contributed by atoms with Gasteiger partial charge >= 0.3 is 0 Å². The van der Waals surface area contributed by atoms with Crippen LogP contribution in [0.2, 0.25) is 0 Å². The van der Waals surface area contributed by atoms with Gasteiger partial charge in [-0.1, -0.05) is 72.8 Å². The number of fused-ring (bicyclic) bond motifs is 6. The maximum absolute atomic E-state index is 9.73. The van der Waals surface area contributed by atoms with Crippen LogP contribution in [0.5, 0.6) is 0 Å². The van der Waals surface area contributed by atoms with Crippen molar-refractivity contribution in [3.8, 4) is 39.7 Å². The van der Waals surface area contributed by atoms with Gasteiger partial charge in [0.25, 0.3) is 0 Å². The Morgan fingerprint density at radius 3 is 1.76 bits per heavy atom. The van der Waals surface area contributed by atoms with Gasteiger partial charge in [0, 0.05) is 45.2 Å². The molecule has 4 nitrogen and oxygen atoms in total. The summed E-state index contributed by atoms with van der Waals surface area (Å²) in [7, 11) is 0. The van der Waals surface area contributed by atoms with Crippen LogP contribution in [0.4, 0.5) is 0 Å². The van der Waals surface area contributed by atoms with Gasteiger partial charge in [0.2, 0.25) is 0 Å². The van der Waals surface area contributed by atoms with E-state index >= 15 is 0 Å². The van der Waals surface area contributed by atoms with E-state index in [2.05, 4.69) is 142 Å². The van der Waals surface area contributed by atoms with Gasteiger partial charge in [-0.05, 0) is 89.5 Å². The maximum Gasteiger partial charge on any atom is 0.0991 e. The van der Waals surface area contributed by atoms with Crippen molar-refractivity contribution in [2.75, 3.05) is 0 Å². The van der Waals surface area contributed by atoms with Gasteiger partial charge in [-0.25, -0.2) is 0 Å². The van der Waals surface area contributed by atoms with Crippen LogP contribution in [-0.2, 0) is 0 Å². The smallest absolute Gasteiger partial charge is 0.0991 e. The van der Waals surface area contributed by atoms with Crippen molar-refractivity contribution < 1.29 is 0 Å². The summed E-state index contributed by atoms with van der Waals surface area (Å²) in [5, 5.41) is 14.6. The molecule has 0 radical (unpaired) electrons. The van der Waals surface area contributed by atoms with Gasteiger partial charge in [-0.15, -0.1) is 0 Å². The molecule has 0 aliphatic rings. The third kappa shape index (κ3) is 3.96. The van der Waals surface area contributed by atoms with E-state index in [1.807, 2.05) is 24.3 Å². The van der Waals surface area contributed by atoms with Crippen LogP contribution in [0.1, 0.15) is 5.56 Å². The fraction of sp³-hybridized carbons (Fsp3) is 0. The number of para-hydroxylation sites is 3. The van der Waals surface area contributed by atoms with Gasteiger partial charge in [-0.3, -0.25) is 4.98 Å². The first-order valence-electron chi connectivity index (χ1n) is 15.4. The Balaban J connectivity index is 1.24. The SMILES string of the molecule is N#Cc1ccc(-n2c3ccccc3c3cc(-c4cccc(-n5c6ccccc6c6ccccc65)c4)ccc32)c(-c2ccncc2)c1. The van der Waals surface area contributed by atoms with Crippen LogP contribution in [-0.4, -0.2) is 14.1 Å². The molecular weight excluding hydrogens is 560 g/mol. The Labute approximate surface area is 265 Å². The first-order chi connectivity index (χ1) is 22.8. The number of rotatable bonds is 4. The van der Waals surface area contributed by atoms with Gasteiger partial charge in [0.1, 0.15) is 0 Å². The van der Waals surface area contributed by atoms with Crippen molar-refractivity contribution in [3.05, 3.63) is 164 Å². The molecule has 4 heteroatoms. The standard InChI is InChI=1S/C42H26N4/c43-27-28-16-18-41(36(24-28)29-20-22-44-23-21-29)46-40-15-6-3-12-35(40)37-26-31(17-19-42(37)46)30-8-7-9-32(25-30)45-38-13-4-1-10-33(38)34-11-2-5-14-39(34)45/h1-26H. The molecule has 0 saturated carbocycles. The molecule has 9 rings (SSSR count). The zero-order chi connectivity index (χ0) is 30.6. The van der Waals surface area contributed by atoms with E-state index in [0.717, 1.165) is 44.7 Å². The summed E-state index contributed by atoms with van der Waals surface area (Å²) in [6.07, 6.45) is 3.59. The third-order valence-electron chi connectivity index (χ3n) is 9.05. The van der Waals surface area contributed by atoms with Crippen molar-refractivity contribution in [2.24, 2.45) is 0 Å². The van der Waals surface area contributed by atoms with Gasteiger partial charge in [0.15, 0.2) is 0 Å². The molecule has 46 heavy (non-hydrogen) atoms. The first kappa shape index (κ1) is 26.0. The predicted molar refractivity (Wildman–Crippen MR) is 189 cm³/mol. The van der Waals surface area contributed by atoms with Crippen LogP contribution in [0.3, 0.4) is 0 Å². The molecule has 0 amide bonds. The van der Waals surface area contributed by atoms with Crippen LogP contribution in [0.25, 0.3) is 77.2 Å². The second-order valence-corrected chi connectivity index (χ2v) is 11.6. The summed E-state index contributed by atoms with van der Waals surface area (Å²) in [5.41, 5.74) is 11.8. The topological polar surface area (TPSA) is 46.5 Å². The molecule has 0 unspecified atom stereocenters. The number of hydrogen-bond donors (Lipinski definition) is 0. The highest BCUT2D eigenvalue weighted by molar-refractivity contribution is 6.11. The summed E-state index contributed by atoms with van der Waals surface area (Å²) in [5.74, 6) is 0. The molecule has 0 aliphatic carbocycles. The summed E-state index contributed by atoms with van der Waals surface area (Å²) in [6, 6.07) is 53.6. The molecule has 0 spiro atoms. The summed E-state index contributed by atoms with van der Waals surface area (Å²) >= 11 is 0. The normalized spacial score (nSPS) is 11.5. The molecule has 0 atom stereocenters. The minimum atomic E-state index is 0.627. The zero-order valence-corrected chi connectivity index (χ0v) is 24.8. The maximum atomic E-state index is 9.73. The van der Waals surface area contributed by atoms with E-state index in [1.165, 1.54) is 32.6 Å². The number of nitrogens with zero attached hydrogens (tertiary/aromatic N) is 4. The van der Waals surface area contributed by atoms with Gasteiger partial charge < -0.3 is 9.13 Å². The van der Waals surface area contributed by atoms with E-state index in [4.69, 9.17) is 0 Å². The highest BCUT2D eigenvalue weighted by Crippen LogP contribution is 2.39. The van der Waals surface area contributed by atoms with E-state index in [0.29, 0.717) is 5.56 Å². The van der Waals surface area contributed by atoms with Crippen LogP contribution >= 0.6 is 0 Å². The monoisotopic (exact) mass is 586 g/mol. The molecule has 0 aliphatic heterocycles. The zero-order valence-electron chi connectivity index (χ0n) is 24.8. The number of aromatic nitrogens is 3. The van der Waals surface area contributed by atoms with E-state index in [1.54, 1.807) is 12.4 Å². The molecule has 9 aromatic rings. The van der Waals surface area contributed by atoms with Crippen molar-refractivity contribution in [3.63, 3.8) is 0 Å². The van der Waals surface area contributed by atoms with Crippen LogP contribution < -0.4 is 0 Å². The van der Waals surface area contributed by atoms with Gasteiger partial charge in [-0.2, -0.15) is 5.26 Å². The lowest BCUT2D eigenvalue weighted by Gasteiger charge is -2.15. The number of benzene rings is 6. The minimum absolute atomic E-state index is 0.627. The van der Waals surface area contributed by atoms with Crippen molar-refractivity contribution in [2.45, 2.75) is 0 Å². The first-order valence-corrected chi connectivity index (χ1v) is 15.4. The Morgan fingerprint density at radius 1 is 0.457 bits per heavy atom. The predicted octanol–water partition coefficient (Wildman–Crippen LogP) is 10.5. The number of hydrogen-bond acceptors (Lipinski definition) is 2. The molecule has 214 valence electrons. The summed E-state index contributed by atoms with van der Waals surface area (Å²) in [4.78, 5) is 4.22. The molecule has 0 fully saturated rings. The quantitative estimate of drug-likeness (QED) is 0.206. The van der Waals surface area contributed by atoms with E-state index in [-0.39, 0.29) is 0 Å². The third-order valence-corrected chi connectivity index (χ3v) is 9.05. The minimum Gasteiger partial charge on any atom is -0.309 e. The fourth-order valence-electron chi connectivity index (χ4n) is 7.00. The highest BCUT2D eigenvalue weighted by atomic mass is 15.0. The van der Waals surface area contributed by atoms with E-state index in [9.17, 15) is 5.26 Å². The van der Waals surface area contributed by atoms with Crippen molar-refractivity contribution in [1.29, 1.82) is 5.26 Å². The Morgan fingerprint density at radius 2 is 1.07 bits per heavy atom. The molecule has 3 aromatic heterocycles. The second-order valence-electron chi connectivity index (χ2n) is 11.6. The molecule has 0 saturated heterocycles. The Hall–Kier alpha value is -6.44. The van der Waals surface area contributed by atoms with Gasteiger partial charge in [0.05, 0.1) is 39.4 Å². The second kappa shape index (κ2) is 10.3. The molecule has 0 bridgehead atoms. The largest absolute Gasteiger partial charge is 0.309 e. The van der Waals surface area contributed by atoms with Crippen molar-refractivity contribution >= 4 is 43.6 Å². The lowest BCUT2D eigenvalue weighted by molar-refractivity contribution is 1.18. The molecular formula is C42H26N4. The van der Waals surface area contributed by atoms with E-state index < -0.39 is 0 Å². The highest BCUT2D eigenvalue weighted by Gasteiger charge is 2.18. The molecule has 3 heterocycles. The average molecular weight is 587 g/mol. The number of nitriles is 1. The van der Waals surface area contributed by atoms with Crippen LogP contribution in [0.15, 0.2) is 158 Å². The number of pyridine rings is 1. The lowest BCUT2D eigenvalue weighted by Crippen LogP contribution is -1.98. The van der Waals surface area contributed by atoms with Crippen LogP contribution in [0, 0.1) is 11.3 Å². The molecule has 0 N–H and O–H groups in total. The Kier molecular flexibility index (Phi) is 5.84. The summed E-state index contributed by atoms with van der Waals surface area (Å²) in [6.45, 7) is 0. The van der Waals surface area contributed by atoms with Crippen molar-refractivity contribution in [1.82, 2.24) is 14.1 Å². The summed E-state index contributed by atoms with van der Waals surface area (Å²) < 4.78 is 4.68. The average Bonchev–Trinajstić information content (AvgIpc) is 3.64.